The van der Waals surface area contributed by atoms with Gasteiger partial charge in [0.15, 0.2) is 11.5 Å². The van der Waals surface area contributed by atoms with E-state index in [1.54, 1.807) is 48.9 Å². The average Bonchev–Trinajstić information content (AvgIpc) is 3.20. The second-order valence-corrected chi connectivity index (χ2v) is 7.82. The van der Waals surface area contributed by atoms with Gasteiger partial charge in [0, 0.05) is 16.5 Å². The van der Waals surface area contributed by atoms with Gasteiger partial charge >= 0.3 is 5.97 Å². The Morgan fingerprint density at radius 2 is 1.84 bits per heavy atom. The Labute approximate surface area is 189 Å². The molecule has 0 radical (unpaired) electrons. The molecule has 166 valence electrons. The van der Waals surface area contributed by atoms with Gasteiger partial charge in [0.05, 0.1) is 29.9 Å². The lowest BCUT2D eigenvalue weighted by Gasteiger charge is -2.21. The first-order chi connectivity index (χ1) is 15.5. The number of hydrogen-bond acceptors (Lipinski definition) is 7. The first-order valence-corrected chi connectivity index (χ1v) is 11.4. The van der Waals surface area contributed by atoms with E-state index in [4.69, 9.17) is 14.2 Å². The summed E-state index contributed by atoms with van der Waals surface area (Å²) in [5, 5.41) is 7.23. The first-order valence-electron chi connectivity index (χ1n) is 10.1. The highest BCUT2D eigenvalue weighted by Gasteiger charge is 2.19. The number of aromatic nitrogens is 2. The Hall–Kier alpha value is -3.46. The van der Waals surface area contributed by atoms with E-state index in [0.717, 1.165) is 10.6 Å². The molecule has 4 rings (SSSR count). The van der Waals surface area contributed by atoms with Crippen molar-refractivity contribution in [2.75, 3.05) is 31.4 Å². The van der Waals surface area contributed by atoms with Gasteiger partial charge in [0.2, 0.25) is 0 Å². The third kappa shape index (κ3) is 4.29. The highest BCUT2D eigenvalue weighted by atomic mass is 32.2. The number of amides is 1. The second-order valence-electron chi connectivity index (χ2n) is 6.97. The Kier molecular flexibility index (Phi) is 6.36. The van der Waals surface area contributed by atoms with Gasteiger partial charge in [0.25, 0.3) is 5.91 Å². The number of carbonyl (C=O) groups excluding carboxylic acids is 2. The smallest absolute Gasteiger partial charge is 0.341 e. The molecule has 32 heavy (non-hydrogen) atoms. The summed E-state index contributed by atoms with van der Waals surface area (Å²) in [6, 6.07) is 10.7. The molecule has 3 aromatic rings. The minimum absolute atomic E-state index is 0.243. The van der Waals surface area contributed by atoms with Crippen molar-refractivity contribution in [2.45, 2.75) is 18.7 Å². The molecule has 2 aromatic carbocycles. The van der Waals surface area contributed by atoms with Crippen LogP contribution in [0.4, 0.5) is 5.69 Å². The Balaban J connectivity index is 1.53. The van der Waals surface area contributed by atoms with E-state index >= 15 is 0 Å². The molecule has 1 aliphatic heterocycles. The molecule has 2 heterocycles. The number of fused-ring (bicyclic) bond motifs is 1. The van der Waals surface area contributed by atoms with Crippen LogP contribution in [-0.2, 0) is 4.74 Å². The van der Waals surface area contributed by atoms with Crippen LogP contribution in [0.3, 0.4) is 0 Å². The maximum atomic E-state index is 12.9. The molecule has 0 bridgehead atoms. The van der Waals surface area contributed by atoms with Crippen LogP contribution in [0.25, 0.3) is 5.69 Å². The molecule has 0 saturated heterocycles. The van der Waals surface area contributed by atoms with Crippen molar-refractivity contribution in [1.82, 2.24) is 9.78 Å². The number of rotatable bonds is 6. The summed E-state index contributed by atoms with van der Waals surface area (Å²) in [6.45, 7) is 4.84. The number of thioether (sulfide) groups is 1. The number of esters is 1. The lowest BCUT2D eigenvalue weighted by Crippen LogP contribution is -2.17. The molecule has 0 fully saturated rings. The van der Waals surface area contributed by atoms with Crippen LogP contribution in [-0.4, -0.2) is 47.7 Å². The van der Waals surface area contributed by atoms with Crippen molar-refractivity contribution < 1.29 is 23.8 Å². The number of ether oxygens (including phenoxy) is 3. The summed E-state index contributed by atoms with van der Waals surface area (Å²) in [7, 11) is 0. The minimum atomic E-state index is -0.406. The summed E-state index contributed by atoms with van der Waals surface area (Å²) in [4.78, 5) is 25.8. The Bertz CT molecular complexity index is 1160. The number of nitrogens with one attached hydrogen (secondary N) is 1. The minimum Gasteiger partial charge on any atom is -0.486 e. The molecule has 8 nitrogen and oxygen atoms in total. The number of benzene rings is 2. The zero-order valence-corrected chi connectivity index (χ0v) is 18.8. The molecule has 1 aliphatic rings. The molecule has 0 aliphatic carbocycles. The molecule has 0 spiro atoms. The molecule has 1 aromatic heterocycles. The fourth-order valence-corrected chi connectivity index (χ4v) is 3.92. The maximum Gasteiger partial charge on any atom is 0.341 e. The van der Waals surface area contributed by atoms with Crippen molar-refractivity contribution in [1.29, 1.82) is 0 Å². The molecule has 0 unspecified atom stereocenters. The zero-order valence-electron chi connectivity index (χ0n) is 18.0. The van der Waals surface area contributed by atoms with Crippen LogP contribution in [0.1, 0.15) is 33.3 Å². The lowest BCUT2D eigenvalue weighted by atomic mass is 10.1. The molecule has 9 heteroatoms. The van der Waals surface area contributed by atoms with Crippen LogP contribution in [0.5, 0.6) is 11.5 Å². The highest BCUT2D eigenvalue weighted by molar-refractivity contribution is 7.98. The van der Waals surface area contributed by atoms with E-state index in [-0.39, 0.29) is 5.91 Å². The number of hydrogen-bond donors (Lipinski definition) is 1. The summed E-state index contributed by atoms with van der Waals surface area (Å²) in [5.41, 5.74) is 2.97. The number of carbonyl (C=O) groups is 2. The fraction of sp³-hybridized carbons (Fsp3) is 0.261. The van der Waals surface area contributed by atoms with E-state index in [2.05, 4.69) is 10.4 Å². The maximum absolute atomic E-state index is 12.9. The van der Waals surface area contributed by atoms with Crippen LogP contribution in [0.2, 0.25) is 0 Å². The predicted octanol–water partition coefficient (Wildman–Crippen LogP) is 4.10. The third-order valence-electron chi connectivity index (χ3n) is 4.99. The third-order valence-corrected chi connectivity index (χ3v) is 5.77. The van der Waals surface area contributed by atoms with Gasteiger partial charge in [-0.05, 0) is 50.4 Å². The van der Waals surface area contributed by atoms with E-state index in [1.165, 1.54) is 18.0 Å². The monoisotopic (exact) mass is 453 g/mol. The molecule has 1 amide bonds. The summed E-state index contributed by atoms with van der Waals surface area (Å²) in [6.07, 6.45) is 3.42. The zero-order chi connectivity index (χ0) is 22.7. The van der Waals surface area contributed by atoms with Crippen LogP contribution < -0.4 is 14.8 Å². The van der Waals surface area contributed by atoms with Gasteiger partial charge in [-0.3, -0.25) is 4.79 Å². The first kappa shape index (κ1) is 21.8. The topological polar surface area (TPSA) is 91.7 Å². The highest BCUT2D eigenvalue weighted by Crippen LogP contribution is 2.39. The van der Waals surface area contributed by atoms with Gasteiger partial charge < -0.3 is 19.5 Å². The lowest BCUT2D eigenvalue weighted by molar-refractivity contribution is 0.0525. The quantitative estimate of drug-likeness (QED) is 0.444. The largest absolute Gasteiger partial charge is 0.486 e. The molecular formula is C23H23N3O5S. The summed E-state index contributed by atoms with van der Waals surface area (Å²) >= 11 is 1.52. The predicted molar refractivity (Wildman–Crippen MR) is 121 cm³/mol. The van der Waals surface area contributed by atoms with Crippen LogP contribution in [0.15, 0.2) is 47.5 Å². The SMILES string of the molecule is CCOC(=O)c1cnn(-c2ccc(C(=O)Nc3cc4c(cc3SC)OCCO4)cc2)c1C. The average molecular weight is 454 g/mol. The van der Waals surface area contributed by atoms with Crippen molar-refractivity contribution >= 4 is 29.3 Å². The van der Waals surface area contributed by atoms with E-state index in [1.807, 2.05) is 12.3 Å². The van der Waals surface area contributed by atoms with Crippen molar-refractivity contribution in [2.24, 2.45) is 0 Å². The summed E-state index contributed by atoms with van der Waals surface area (Å²) in [5.74, 6) is 0.648. The fourth-order valence-electron chi connectivity index (χ4n) is 3.36. The van der Waals surface area contributed by atoms with Crippen LogP contribution in [0, 0.1) is 6.92 Å². The molecule has 0 saturated carbocycles. The molecule has 0 atom stereocenters. The van der Waals surface area contributed by atoms with Crippen molar-refractivity contribution in [3.63, 3.8) is 0 Å². The van der Waals surface area contributed by atoms with Crippen molar-refractivity contribution in [3.05, 3.63) is 59.4 Å². The van der Waals surface area contributed by atoms with Gasteiger partial charge in [-0.25, -0.2) is 9.48 Å². The van der Waals surface area contributed by atoms with Crippen LogP contribution >= 0.6 is 11.8 Å². The number of anilines is 1. The summed E-state index contributed by atoms with van der Waals surface area (Å²) < 4.78 is 17.9. The van der Waals surface area contributed by atoms with Gasteiger partial charge in [-0.15, -0.1) is 11.8 Å². The van der Waals surface area contributed by atoms with E-state index < -0.39 is 5.97 Å². The van der Waals surface area contributed by atoms with Gasteiger partial charge in [-0.1, -0.05) is 0 Å². The van der Waals surface area contributed by atoms with E-state index in [9.17, 15) is 9.59 Å². The molecular weight excluding hydrogens is 430 g/mol. The standard InChI is InChI=1S/C23H23N3O5S/c1-4-29-23(28)17-13-24-26(14(17)2)16-7-5-15(6-8-16)22(27)25-18-11-19-20(12-21(18)32-3)31-10-9-30-19/h5-8,11-13H,4,9-10H2,1-3H3,(H,25,27). The van der Waals surface area contributed by atoms with Gasteiger partial charge in [-0.2, -0.15) is 5.10 Å². The van der Waals surface area contributed by atoms with Gasteiger partial charge in [0.1, 0.15) is 18.8 Å². The normalized spacial score (nSPS) is 12.3. The van der Waals surface area contributed by atoms with E-state index in [0.29, 0.717) is 53.8 Å². The Morgan fingerprint density at radius 1 is 1.16 bits per heavy atom. The Morgan fingerprint density at radius 3 is 2.50 bits per heavy atom. The number of nitrogens with zero attached hydrogens (tertiary/aromatic N) is 2. The van der Waals surface area contributed by atoms with Crippen molar-refractivity contribution in [3.8, 4) is 17.2 Å². The second kappa shape index (κ2) is 9.35. The molecule has 1 N–H and O–H groups in total.